The molecule has 0 spiro atoms. The van der Waals surface area contributed by atoms with Gasteiger partial charge in [-0.1, -0.05) is 88.9 Å². The third kappa shape index (κ3) is 3.40. The second kappa shape index (κ2) is 7.35. The van der Waals surface area contributed by atoms with E-state index in [0.717, 1.165) is 5.56 Å². The van der Waals surface area contributed by atoms with E-state index >= 15 is 0 Å². The van der Waals surface area contributed by atoms with Crippen molar-refractivity contribution in [3.8, 4) is 11.5 Å². The maximum atomic E-state index is 10.4. The van der Waals surface area contributed by atoms with Gasteiger partial charge in [0.05, 0.1) is 20.1 Å². The molecule has 0 bridgehead atoms. The molecule has 2 N–H and O–H groups in total. The average molecular weight is 414 g/mol. The Labute approximate surface area is 165 Å². The molecule has 0 heterocycles. The summed E-state index contributed by atoms with van der Waals surface area (Å²) in [5.74, 6) is -0.941. The molecule has 0 saturated heterocycles. The van der Waals surface area contributed by atoms with Crippen molar-refractivity contribution in [1.29, 1.82) is 0 Å². The average Bonchev–Trinajstić information content (AvgIpc) is 2.62. The van der Waals surface area contributed by atoms with E-state index in [1.54, 1.807) is 18.2 Å². The fraction of sp³-hybridized carbons (Fsp3) is 0.0526. The Morgan fingerprint density at radius 3 is 2.04 bits per heavy atom. The normalized spacial score (nSPS) is 12.2. The number of para-hydroxylation sites is 1. The van der Waals surface area contributed by atoms with Crippen LogP contribution < -0.4 is 0 Å². The first kappa shape index (κ1) is 18.2. The lowest BCUT2D eigenvalue weighted by molar-refractivity contribution is 0.399. The van der Waals surface area contributed by atoms with Crippen molar-refractivity contribution < 1.29 is 10.2 Å². The first-order valence-electron chi connectivity index (χ1n) is 7.30. The number of hydrogen-bond donors (Lipinski definition) is 2. The van der Waals surface area contributed by atoms with Crippen molar-refractivity contribution in [1.82, 2.24) is 0 Å². The van der Waals surface area contributed by atoms with Crippen LogP contribution in [0.2, 0.25) is 20.1 Å². The molecule has 0 saturated carbocycles. The van der Waals surface area contributed by atoms with Crippen molar-refractivity contribution in [3.05, 3.63) is 91.4 Å². The van der Waals surface area contributed by atoms with E-state index in [9.17, 15) is 10.2 Å². The second-order valence-corrected chi connectivity index (χ2v) is 6.99. The van der Waals surface area contributed by atoms with Gasteiger partial charge in [-0.3, -0.25) is 0 Å². The van der Waals surface area contributed by atoms with Crippen LogP contribution in [0.5, 0.6) is 11.5 Å². The molecule has 2 nitrogen and oxygen atoms in total. The number of benzene rings is 3. The van der Waals surface area contributed by atoms with Gasteiger partial charge in [-0.2, -0.15) is 0 Å². The minimum absolute atomic E-state index is 0.145. The monoisotopic (exact) mass is 412 g/mol. The van der Waals surface area contributed by atoms with Crippen LogP contribution in [-0.4, -0.2) is 10.2 Å². The molecule has 0 aromatic heterocycles. The van der Waals surface area contributed by atoms with Crippen molar-refractivity contribution in [2.24, 2.45) is 0 Å². The summed E-state index contributed by atoms with van der Waals surface area (Å²) in [4.78, 5) is 0. The molecule has 6 heteroatoms. The van der Waals surface area contributed by atoms with Crippen LogP contribution in [-0.2, 0) is 0 Å². The molecule has 3 aromatic carbocycles. The molecule has 0 radical (unpaired) electrons. The van der Waals surface area contributed by atoms with Crippen LogP contribution in [0.1, 0.15) is 22.6 Å². The summed E-state index contributed by atoms with van der Waals surface area (Å²) < 4.78 is 0. The minimum atomic E-state index is -0.493. The predicted octanol–water partition coefficient (Wildman–Crippen LogP) is 6.89. The van der Waals surface area contributed by atoms with Gasteiger partial charge in [-0.05, 0) is 23.3 Å². The van der Waals surface area contributed by atoms with Crippen LogP contribution in [0.15, 0.2) is 54.6 Å². The van der Waals surface area contributed by atoms with Gasteiger partial charge in [0.15, 0.2) is 11.5 Å². The first-order valence-corrected chi connectivity index (χ1v) is 8.81. The lowest BCUT2D eigenvalue weighted by Crippen LogP contribution is -2.05. The molecule has 0 aliphatic rings. The predicted molar refractivity (Wildman–Crippen MR) is 104 cm³/mol. The first-order chi connectivity index (χ1) is 11.9. The van der Waals surface area contributed by atoms with Gasteiger partial charge in [-0.15, -0.1) is 0 Å². The van der Waals surface area contributed by atoms with Gasteiger partial charge >= 0.3 is 0 Å². The topological polar surface area (TPSA) is 40.5 Å². The molecule has 0 amide bonds. The van der Waals surface area contributed by atoms with Gasteiger partial charge in [0.25, 0.3) is 0 Å². The van der Waals surface area contributed by atoms with Gasteiger partial charge in [0.1, 0.15) is 0 Å². The van der Waals surface area contributed by atoms with E-state index < -0.39 is 5.92 Å². The number of phenolic OH excluding ortho intramolecular Hbond substituents is 2. The Morgan fingerprint density at radius 2 is 1.36 bits per heavy atom. The summed E-state index contributed by atoms with van der Waals surface area (Å²) in [5.41, 5.74) is 1.90. The van der Waals surface area contributed by atoms with Crippen molar-refractivity contribution in [2.45, 2.75) is 5.92 Å². The summed E-state index contributed by atoms with van der Waals surface area (Å²) in [6, 6.07) is 15.8. The molecular weight excluding hydrogens is 402 g/mol. The number of rotatable bonds is 3. The maximum Gasteiger partial charge on any atom is 0.161 e. The van der Waals surface area contributed by atoms with Crippen LogP contribution in [0.3, 0.4) is 0 Å². The summed E-state index contributed by atoms with van der Waals surface area (Å²) >= 11 is 24.9. The summed E-state index contributed by atoms with van der Waals surface area (Å²) in [6.45, 7) is 0. The van der Waals surface area contributed by atoms with Gasteiger partial charge in [0.2, 0.25) is 0 Å². The van der Waals surface area contributed by atoms with Gasteiger partial charge in [0, 0.05) is 11.5 Å². The van der Waals surface area contributed by atoms with Crippen LogP contribution >= 0.6 is 46.4 Å². The highest BCUT2D eigenvalue weighted by atomic mass is 35.5. The SMILES string of the molecule is Oc1cccc(C(c2ccccc2)c2cc(Cl)c(Cl)c(Cl)c2Cl)c1O. The fourth-order valence-corrected chi connectivity index (χ4v) is 3.68. The summed E-state index contributed by atoms with van der Waals surface area (Å²) in [6.07, 6.45) is 0. The highest BCUT2D eigenvalue weighted by molar-refractivity contribution is 6.52. The zero-order valence-electron chi connectivity index (χ0n) is 12.7. The lowest BCUT2D eigenvalue weighted by Gasteiger charge is -2.22. The molecule has 1 unspecified atom stereocenters. The van der Waals surface area contributed by atoms with E-state index in [-0.39, 0.29) is 31.6 Å². The van der Waals surface area contributed by atoms with Crippen molar-refractivity contribution in [2.75, 3.05) is 0 Å². The highest BCUT2D eigenvalue weighted by Gasteiger charge is 2.26. The largest absolute Gasteiger partial charge is 0.504 e. The molecular formula is C19H12Cl4O2. The Hall–Kier alpha value is -1.58. The molecule has 1 atom stereocenters. The summed E-state index contributed by atoms with van der Waals surface area (Å²) in [7, 11) is 0. The quantitative estimate of drug-likeness (QED) is 0.212. The smallest absolute Gasteiger partial charge is 0.161 e. The van der Waals surface area contributed by atoms with E-state index in [2.05, 4.69) is 0 Å². The van der Waals surface area contributed by atoms with E-state index in [1.165, 1.54) is 6.07 Å². The zero-order valence-corrected chi connectivity index (χ0v) is 15.7. The Kier molecular flexibility index (Phi) is 5.35. The Bertz CT molecular complexity index is 926. The van der Waals surface area contributed by atoms with Crippen molar-refractivity contribution in [3.63, 3.8) is 0 Å². The Morgan fingerprint density at radius 1 is 0.680 bits per heavy atom. The minimum Gasteiger partial charge on any atom is -0.504 e. The number of phenols is 2. The Balaban J connectivity index is 2.33. The number of halogens is 4. The molecule has 3 aromatic rings. The third-order valence-corrected chi connectivity index (χ3v) is 5.70. The maximum absolute atomic E-state index is 10.4. The van der Waals surface area contributed by atoms with Crippen LogP contribution in [0, 0.1) is 0 Å². The van der Waals surface area contributed by atoms with Crippen molar-refractivity contribution >= 4 is 46.4 Å². The molecule has 0 aliphatic heterocycles. The van der Waals surface area contributed by atoms with Gasteiger partial charge in [-0.25, -0.2) is 0 Å². The van der Waals surface area contributed by atoms with Crippen LogP contribution in [0.4, 0.5) is 0 Å². The van der Waals surface area contributed by atoms with Crippen LogP contribution in [0.25, 0.3) is 0 Å². The standard InChI is InChI=1S/C19H12Cl4O2/c20-13-9-12(16(21)18(23)17(13)22)15(10-5-2-1-3-6-10)11-7-4-8-14(24)19(11)25/h1-9,15,24-25H. The highest BCUT2D eigenvalue weighted by Crippen LogP contribution is 2.47. The van der Waals surface area contributed by atoms with E-state index in [1.807, 2.05) is 30.3 Å². The molecule has 0 aliphatic carbocycles. The van der Waals surface area contributed by atoms with E-state index in [4.69, 9.17) is 46.4 Å². The summed E-state index contributed by atoms with van der Waals surface area (Å²) in [5, 5.41) is 21.1. The second-order valence-electron chi connectivity index (χ2n) is 5.45. The number of aromatic hydroxyl groups is 2. The fourth-order valence-electron chi connectivity index (χ4n) is 2.75. The lowest BCUT2D eigenvalue weighted by atomic mass is 9.84. The number of hydrogen-bond acceptors (Lipinski definition) is 2. The third-order valence-electron chi connectivity index (χ3n) is 3.93. The molecule has 25 heavy (non-hydrogen) atoms. The molecule has 128 valence electrons. The molecule has 3 rings (SSSR count). The molecule has 0 fully saturated rings. The zero-order chi connectivity index (χ0) is 18.1. The van der Waals surface area contributed by atoms with Gasteiger partial charge < -0.3 is 10.2 Å². The van der Waals surface area contributed by atoms with E-state index in [0.29, 0.717) is 11.1 Å².